The van der Waals surface area contributed by atoms with Gasteiger partial charge in [-0.1, -0.05) is 69.3 Å². The number of ether oxygens (including phenoxy) is 1. The zero-order chi connectivity index (χ0) is 24.8. The predicted molar refractivity (Wildman–Crippen MR) is 138 cm³/mol. The molecule has 0 saturated carbocycles. The number of carbonyl (C=O) groups is 1. The number of nitrogens with zero attached hydrogens (tertiary/aromatic N) is 1. The Morgan fingerprint density at radius 1 is 1.15 bits per heavy atom. The van der Waals surface area contributed by atoms with Crippen LogP contribution in [-0.2, 0) is 22.6 Å². The lowest BCUT2D eigenvalue weighted by molar-refractivity contribution is -0.122. The molecule has 4 N–H and O–H groups in total. The minimum atomic E-state index is -0.133. The van der Waals surface area contributed by atoms with Gasteiger partial charge in [0.1, 0.15) is 5.78 Å². The molecule has 0 spiro atoms. The highest BCUT2D eigenvalue weighted by Crippen LogP contribution is 2.33. The third-order valence-corrected chi connectivity index (χ3v) is 5.87. The van der Waals surface area contributed by atoms with Crippen LogP contribution in [-0.4, -0.2) is 24.4 Å². The third kappa shape index (κ3) is 9.40. The summed E-state index contributed by atoms with van der Waals surface area (Å²) in [5.74, 6) is 6.03. The molecule has 0 bridgehead atoms. The van der Waals surface area contributed by atoms with Crippen LogP contribution in [0.15, 0.2) is 60.4 Å². The SMILES string of the molecule is CC.CCN(N)/C=C(\N)CCC(c1ccc(C)c(COC)c1)C(C)C(=O)Cc1ccccc1. The summed E-state index contributed by atoms with van der Waals surface area (Å²) in [5, 5.41) is 1.58. The van der Waals surface area contributed by atoms with Crippen molar-refractivity contribution in [2.75, 3.05) is 13.7 Å². The van der Waals surface area contributed by atoms with Gasteiger partial charge in [0.25, 0.3) is 0 Å². The van der Waals surface area contributed by atoms with Gasteiger partial charge in [-0.05, 0) is 54.9 Å². The molecule has 0 amide bonds. The van der Waals surface area contributed by atoms with Crippen molar-refractivity contribution in [3.63, 3.8) is 0 Å². The van der Waals surface area contributed by atoms with E-state index in [1.54, 1.807) is 18.3 Å². The van der Waals surface area contributed by atoms with Crippen molar-refractivity contribution in [2.24, 2.45) is 17.5 Å². The molecule has 0 heterocycles. The number of hydrogen-bond acceptors (Lipinski definition) is 5. The van der Waals surface area contributed by atoms with Gasteiger partial charge in [-0.3, -0.25) is 4.79 Å². The van der Waals surface area contributed by atoms with Crippen LogP contribution < -0.4 is 11.6 Å². The second-order valence-corrected chi connectivity index (χ2v) is 8.22. The molecule has 0 fully saturated rings. The molecule has 0 saturated heterocycles. The Morgan fingerprint density at radius 3 is 2.42 bits per heavy atom. The first kappa shape index (κ1) is 28.4. The second-order valence-electron chi connectivity index (χ2n) is 8.22. The van der Waals surface area contributed by atoms with Crippen molar-refractivity contribution in [2.45, 2.75) is 66.4 Å². The van der Waals surface area contributed by atoms with Crippen LogP contribution in [0.1, 0.15) is 68.7 Å². The summed E-state index contributed by atoms with van der Waals surface area (Å²) in [6.07, 6.45) is 3.66. The number of hydrazine groups is 1. The van der Waals surface area contributed by atoms with Gasteiger partial charge in [-0.15, -0.1) is 0 Å². The average Bonchev–Trinajstić information content (AvgIpc) is 2.82. The quantitative estimate of drug-likeness (QED) is 0.329. The summed E-state index contributed by atoms with van der Waals surface area (Å²) in [6, 6.07) is 16.3. The maximum Gasteiger partial charge on any atom is 0.140 e. The molecule has 0 aliphatic heterocycles. The van der Waals surface area contributed by atoms with Gasteiger partial charge in [0.15, 0.2) is 0 Å². The zero-order valence-electron chi connectivity index (χ0n) is 21.3. The van der Waals surface area contributed by atoms with E-state index >= 15 is 0 Å². The molecular weight excluding hydrogens is 410 g/mol. The molecule has 0 radical (unpaired) electrons. The predicted octanol–water partition coefficient (Wildman–Crippen LogP) is 5.48. The van der Waals surface area contributed by atoms with Gasteiger partial charge in [0.2, 0.25) is 0 Å². The molecule has 5 nitrogen and oxygen atoms in total. The Balaban J connectivity index is 0.00000265. The highest BCUT2D eigenvalue weighted by atomic mass is 16.5. The maximum absolute atomic E-state index is 13.2. The Kier molecular flexibility index (Phi) is 13.1. The summed E-state index contributed by atoms with van der Waals surface area (Å²) >= 11 is 0. The summed E-state index contributed by atoms with van der Waals surface area (Å²) in [5.41, 5.74) is 11.5. The van der Waals surface area contributed by atoms with Crippen LogP contribution in [0.25, 0.3) is 0 Å². The topological polar surface area (TPSA) is 81.6 Å². The average molecular weight is 454 g/mol. The van der Waals surface area contributed by atoms with Crippen molar-refractivity contribution < 1.29 is 9.53 Å². The van der Waals surface area contributed by atoms with Crippen molar-refractivity contribution >= 4 is 5.78 Å². The first-order valence-electron chi connectivity index (χ1n) is 12.0. The molecule has 2 atom stereocenters. The van der Waals surface area contributed by atoms with Gasteiger partial charge < -0.3 is 15.5 Å². The molecule has 182 valence electrons. The molecule has 2 rings (SSSR count). The lowest BCUT2D eigenvalue weighted by Gasteiger charge is -2.25. The van der Waals surface area contributed by atoms with Crippen molar-refractivity contribution in [3.05, 3.63) is 82.7 Å². The Hall–Kier alpha value is -2.63. The van der Waals surface area contributed by atoms with Crippen LogP contribution in [0.5, 0.6) is 0 Å². The molecular formula is C28H43N3O2. The third-order valence-electron chi connectivity index (χ3n) is 5.87. The number of methoxy groups -OCH3 is 1. The Morgan fingerprint density at radius 2 is 1.82 bits per heavy atom. The first-order chi connectivity index (χ1) is 15.8. The van der Waals surface area contributed by atoms with E-state index in [9.17, 15) is 4.79 Å². The van der Waals surface area contributed by atoms with Gasteiger partial charge in [-0.2, -0.15) is 0 Å². The van der Waals surface area contributed by atoms with E-state index < -0.39 is 0 Å². The molecule has 2 aromatic carbocycles. The number of carbonyl (C=O) groups excluding carboxylic acids is 1. The Labute approximate surface area is 200 Å². The fourth-order valence-corrected chi connectivity index (χ4v) is 3.81. The summed E-state index contributed by atoms with van der Waals surface area (Å²) in [7, 11) is 1.70. The zero-order valence-corrected chi connectivity index (χ0v) is 21.3. The highest BCUT2D eigenvalue weighted by molar-refractivity contribution is 5.83. The number of rotatable bonds is 12. The standard InChI is InChI=1S/C26H37N3O2.C2H6/c1-5-29(28)17-24(27)13-14-25(22-12-11-19(2)23(16-22)18-31-4)20(3)26(30)15-21-9-7-6-8-10-21;1-2/h6-12,16-17,20,25H,5,13-15,18,27-28H2,1-4H3;1-2H3/b24-17-;. The van der Waals surface area contributed by atoms with Gasteiger partial charge in [0, 0.05) is 37.9 Å². The van der Waals surface area contributed by atoms with E-state index in [4.69, 9.17) is 16.3 Å². The number of ketones is 1. The van der Waals surface area contributed by atoms with Gasteiger partial charge in [0.05, 0.1) is 6.61 Å². The number of aryl methyl sites for hydroxylation is 1. The number of hydrogen-bond donors (Lipinski definition) is 2. The lowest BCUT2D eigenvalue weighted by atomic mass is 9.79. The molecule has 2 aromatic rings. The molecule has 0 aromatic heterocycles. The summed E-state index contributed by atoms with van der Waals surface area (Å²) in [4.78, 5) is 13.2. The number of nitrogens with two attached hydrogens (primary N) is 2. The van der Waals surface area contributed by atoms with E-state index in [2.05, 4.69) is 25.1 Å². The molecule has 33 heavy (non-hydrogen) atoms. The largest absolute Gasteiger partial charge is 0.401 e. The maximum atomic E-state index is 13.2. The van der Waals surface area contributed by atoms with Crippen LogP contribution in [0, 0.1) is 12.8 Å². The van der Waals surface area contributed by atoms with Crippen LogP contribution in [0.2, 0.25) is 0 Å². The minimum Gasteiger partial charge on any atom is -0.401 e. The van der Waals surface area contributed by atoms with Crippen molar-refractivity contribution in [1.82, 2.24) is 5.01 Å². The number of allylic oxidation sites excluding steroid dienone is 1. The molecule has 2 unspecified atom stereocenters. The Bertz CT molecular complexity index is 865. The van der Waals surface area contributed by atoms with Gasteiger partial charge in [-0.25, -0.2) is 5.84 Å². The van der Waals surface area contributed by atoms with Crippen molar-refractivity contribution in [3.8, 4) is 0 Å². The van der Waals surface area contributed by atoms with Crippen LogP contribution >= 0.6 is 0 Å². The van der Waals surface area contributed by atoms with Gasteiger partial charge >= 0.3 is 0 Å². The van der Waals surface area contributed by atoms with Crippen molar-refractivity contribution in [1.29, 1.82) is 0 Å². The first-order valence-corrected chi connectivity index (χ1v) is 12.0. The normalized spacial score (nSPS) is 13.0. The number of Topliss-reactive ketones (excluding diaryl/α,β-unsaturated/α-hetero) is 1. The minimum absolute atomic E-state index is 0.0622. The second kappa shape index (κ2) is 15.3. The molecule has 5 heteroatoms. The van der Waals surface area contributed by atoms with Crippen LogP contribution in [0.3, 0.4) is 0 Å². The van der Waals surface area contributed by atoms with E-state index in [0.717, 1.165) is 28.8 Å². The summed E-state index contributed by atoms with van der Waals surface area (Å²) < 4.78 is 5.37. The van der Waals surface area contributed by atoms with E-state index in [-0.39, 0.29) is 17.6 Å². The number of benzene rings is 2. The fourth-order valence-electron chi connectivity index (χ4n) is 3.81. The van der Waals surface area contributed by atoms with E-state index in [1.165, 1.54) is 5.56 Å². The van der Waals surface area contributed by atoms with Crippen LogP contribution in [0.4, 0.5) is 0 Å². The molecule has 0 aliphatic carbocycles. The monoisotopic (exact) mass is 453 g/mol. The smallest absolute Gasteiger partial charge is 0.140 e. The fraction of sp³-hybridized carbons (Fsp3) is 0.464. The molecule has 0 aliphatic rings. The summed E-state index contributed by atoms with van der Waals surface area (Å²) in [6.45, 7) is 11.3. The van der Waals surface area contributed by atoms with E-state index in [1.807, 2.05) is 58.0 Å². The lowest BCUT2D eigenvalue weighted by Crippen LogP contribution is -2.26. The van der Waals surface area contributed by atoms with E-state index in [0.29, 0.717) is 26.0 Å². The highest BCUT2D eigenvalue weighted by Gasteiger charge is 2.26.